The van der Waals surface area contributed by atoms with Gasteiger partial charge in [0, 0.05) is 6.07 Å². The van der Waals surface area contributed by atoms with Gasteiger partial charge in [0.15, 0.2) is 11.5 Å². The Morgan fingerprint density at radius 1 is 1.40 bits per heavy atom. The number of rotatable bonds is 4. The van der Waals surface area contributed by atoms with E-state index in [2.05, 4.69) is 4.74 Å². The third-order valence-electron chi connectivity index (χ3n) is 1.59. The molecule has 0 fully saturated rings. The molecular formula is C10H9F2NO2. The number of alkyl halides is 2. The minimum atomic E-state index is -2.91. The molecule has 0 bridgehead atoms. The summed E-state index contributed by atoms with van der Waals surface area (Å²) in [6, 6.07) is 5.92. The lowest BCUT2D eigenvalue weighted by Crippen LogP contribution is -2.04. The molecule has 1 aromatic carbocycles. The molecule has 0 radical (unpaired) electrons. The molecule has 0 aromatic heterocycles. The lowest BCUT2D eigenvalue weighted by molar-refractivity contribution is -0.0514. The minimum absolute atomic E-state index is 0.0640. The summed E-state index contributed by atoms with van der Waals surface area (Å²) < 4.78 is 33.3. The number of nitriles is 1. The molecule has 3 nitrogen and oxygen atoms in total. The van der Waals surface area contributed by atoms with E-state index in [0.717, 1.165) is 0 Å². The van der Waals surface area contributed by atoms with Crippen molar-refractivity contribution < 1.29 is 18.3 Å². The fourth-order valence-corrected chi connectivity index (χ4v) is 1.04. The average molecular weight is 213 g/mol. The van der Waals surface area contributed by atoms with Crippen molar-refractivity contribution in [3.05, 3.63) is 23.8 Å². The summed E-state index contributed by atoms with van der Waals surface area (Å²) >= 11 is 0. The van der Waals surface area contributed by atoms with Gasteiger partial charge < -0.3 is 9.47 Å². The Morgan fingerprint density at radius 3 is 2.67 bits per heavy atom. The molecule has 0 aliphatic rings. The van der Waals surface area contributed by atoms with Gasteiger partial charge in [-0.3, -0.25) is 0 Å². The van der Waals surface area contributed by atoms with E-state index in [9.17, 15) is 8.78 Å². The SMILES string of the molecule is CCOc1cc(C#N)ccc1OC(F)F. The van der Waals surface area contributed by atoms with Crippen LogP contribution in [0.15, 0.2) is 18.2 Å². The lowest BCUT2D eigenvalue weighted by Gasteiger charge is -2.10. The average Bonchev–Trinajstić information content (AvgIpc) is 2.20. The first-order valence-corrected chi connectivity index (χ1v) is 4.29. The lowest BCUT2D eigenvalue weighted by atomic mass is 10.2. The van der Waals surface area contributed by atoms with Crippen LogP contribution in [0.1, 0.15) is 12.5 Å². The number of halogens is 2. The summed E-state index contributed by atoms with van der Waals surface area (Å²) in [5.74, 6) is 0.0858. The molecule has 0 N–H and O–H groups in total. The highest BCUT2D eigenvalue weighted by Crippen LogP contribution is 2.29. The molecule has 1 rings (SSSR count). The van der Waals surface area contributed by atoms with Crippen molar-refractivity contribution in [1.82, 2.24) is 0 Å². The standard InChI is InChI=1S/C10H9F2NO2/c1-2-14-9-5-7(6-13)3-4-8(9)15-10(11)12/h3-5,10H,2H2,1H3. The highest BCUT2D eigenvalue weighted by atomic mass is 19.3. The molecule has 0 aliphatic heterocycles. The van der Waals surface area contributed by atoms with Gasteiger partial charge in [0.1, 0.15) is 0 Å². The first kappa shape index (κ1) is 11.2. The molecule has 0 heterocycles. The normalized spacial score (nSPS) is 9.80. The predicted octanol–water partition coefficient (Wildman–Crippen LogP) is 2.56. The largest absolute Gasteiger partial charge is 0.490 e. The molecule has 0 atom stereocenters. The molecule has 0 unspecified atom stereocenters. The Labute approximate surface area is 85.8 Å². The Hall–Kier alpha value is -1.83. The maximum absolute atomic E-state index is 12.0. The van der Waals surface area contributed by atoms with E-state index >= 15 is 0 Å². The number of nitrogens with zero attached hydrogens (tertiary/aromatic N) is 1. The molecule has 5 heteroatoms. The van der Waals surface area contributed by atoms with E-state index in [0.29, 0.717) is 12.2 Å². The Morgan fingerprint density at radius 2 is 2.13 bits per heavy atom. The van der Waals surface area contributed by atoms with E-state index in [-0.39, 0.29) is 11.5 Å². The van der Waals surface area contributed by atoms with E-state index in [1.54, 1.807) is 6.92 Å². The van der Waals surface area contributed by atoms with Crippen LogP contribution in [0, 0.1) is 11.3 Å². The van der Waals surface area contributed by atoms with Crippen molar-refractivity contribution in [2.24, 2.45) is 0 Å². The van der Waals surface area contributed by atoms with Crippen LogP contribution in [0.25, 0.3) is 0 Å². The number of ether oxygens (including phenoxy) is 2. The fourth-order valence-electron chi connectivity index (χ4n) is 1.04. The van der Waals surface area contributed by atoms with Gasteiger partial charge >= 0.3 is 6.61 Å². The Balaban J connectivity index is 2.99. The molecular weight excluding hydrogens is 204 g/mol. The first-order valence-electron chi connectivity index (χ1n) is 4.29. The monoisotopic (exact) mass is 213 g/mol. The van der Waals surface area contributed by atoms with Crippen LogP contribution < -0.4 is 9.47 Å². The second kappa shape index (κ2) is 5.15. The van der Waals surface area contributed by atoms with Crippen molar-refractivity contribution in [2.75, 3.05) is 6.61 Å². The smallest absolute Gasteiger partial charge is 0.387 e. The van der Waals surface area contributed by atoms with Crippen molar-refractivity contribution in [3.8, 4) is 17.6 Å². The van der Waals surface area contributed by atoms with E-state index < -0.39 is 6.61 Å². The third kappa shape index (κ3) is 3.09. The van der Waals surface area contributed by atoms with Crippen LogP contribution in [0.3, 0.4) is 0 Å². The zero-order valence-corrected chi connectivity index (χ0v) is 8.04. The quantitative estimate of drug-likeness (QED) is 0.771. The van der Waals surface area contributed by atoms with Gasteiger partial charge in [0.2, 0.25) is 0 Å². The van der Waals surface area contributed by atoms with Gasteiger partial charge in [-0.2, -0.15) is 14.0 Å². The van der Waals surface area contributed by atoms with E-state index in [4.69, 9.17) is 10.00 Å². The van der Waals surface area contributed by atoms with Crippen LogP contribution in [0.2, 0.25) is 0 Å². The summed E-state index contributed by atoms with van der Waals surface area (Å²) in [6.45, 7) is -0.878. The van der Waals surface area contributed by atoms with Gasteiger partial charge in [-0.05, 0) is 19.1 Å². The second-order valence-electron chi connectivity index (χ2n) is 2.58. The zero-order chi connectivity index (χ0) is 11.3. The maximum atomic E-state index is 12.0. The van der Waals surface area contributed by atoms with E-state index in [1.807, 2.05) is 6.07 Å². The summed E-state index contributed by atoms with van der Waals surface area (Å²) in [5, 5.41) is 8.61. The minimum Gasteiger partial charge on any atom is -0.490 e. The first-order chi connectivity index (χ1) is 7.17. The molecule has 0 saturated carbocycles. The fraction of sp³-hybridized carbons (Fsp3) is 0.300. The van der Waals surface area contributed by atoms with Gasteiger partial charge in [-0.25, -0.2) is 0 Å². The second-order valence-corrected chi connectivity index (χ2v) is 2.58. The summed E-state index contributed by atoms with van der Waals surface area (Å²) in [7, 11) is 0. The molecule has 0 spiro atoms. The highest BCUT2D eigenvalue weighted by Gasteiger charge is 2.11. The Bertz CT molecular complexity index is 374. The van der Waals surface area contributed by atoms with Crippen molar-refractivity contribution in [2.45, 2.75) is 13.5 Å². The van der Waals surface area contributed by atoms with Gasteiger partial charge in [0.25, 0.3) is 0 Å². The molecule has 0 aliphatic carbocycles. The molecule has 0 saturated heterocycles. The van der Waals surface area contributed by atoms with Gasteiger partial charge in [0.05, 0.1) is 18.2 Å². The predicted molar refractivity (Wildman–Crippen MR) is 49.0 cm³/mol. The molecule has 80 valence electrons. The summed E-state index contributed by atoms with van der Waals surface area (Å²) in [4.78, 5) is 0. The van der Waals surface area contributed by atoms with Crippen molar-refractivity contribution in [1.29, 1.82) is 5.26 Å². The Kier molecular flexibility index (Phi) is 3.86. The number of hydrogen-bond donors (Lipinski definition) is 0. The maximum Gasteiger partial charge on any atom is 0.387 e. The topological polar surface area (TPSA) is 42.2 Å². The number of benzene rings is 1. The van der Waals surface area contributed by atoms with Crippen molar-refractivity contribution in [3.63, 3.8) is 0 Å². The van der Waals surface area contributed by atoms with Crippen LogP contribution in [0.5, 0.6) is 11.5 Å². The molecule has 1 aromatic rings. The van der Waals surface area contributed by atoms with Crippen LogP contribution in [-0.2, 0) is 0 Å². The third-order valence-corrected chi connectivity index (χ3v) is 1.59. The van der Waals surface area contributed by atoms with Crippen LogP contribution >= 0.6 is 0 Å². The number of hydrogen-bond acceptors (Lipinski definition) is 3. The van der Waals surface area contributed by atoms with Crippen LogP contribution in [0.4, 0.5) is 8.78 Å². The summed E-state index contributed by atoms with van der Waals surface area (Å²) in [5.41, 5.74) is 0.333. The zero-order valence-electron chi connectivity index (χ0n) is 8.04. The van der Waals surface area contributed by atoms with E-state index in [1.165, 1.54) is 18.2 Å². The summed E-state index contributed by atoms with van der Waals surface area (Å²) in [6.07, 6.45) is 0. The van der Waals surface area contributed by atoms with Crippen molar-refractivity contribution >= 4 is 0 Å². The van der Waals surface area contributed by atoms with Gasteiger partial charge in [-0.1, -0.05) is 0 Å². The molecule has 0 amide bonds. The highest BCUT2D eigenvalue weighted by molar-refractivity contribution is 5.46. The van der Waals surface area contributed by atoms with Crippen LogP contribution in [-0.4, -0.2) is 13.2 Å². The molecule has 15 heavy (non-hydrogen) atoms. The van der Waals surface area contributed by atoms with Gasteiger partial charge in [-0.15, -0.1) is 0 Å².